The number of hydrogen-bond donors (Lipinski definition) is 5. The van der Waals surface area contributed by atoms with Crippen LogP contribution < -0.4 is 10.6 Å². The molecule has 38 heavy (non-hydrogen) atoms. The average molecular weight is 527 g/mol. The zero-order valence-corrected chi connectivity index (χ0v) is 21.1. The Labute approximate surface area is 219 Å². The Bertz CT molecular complexity index is 1160. The van der Waals surface area contributed by atoms with Gasteiger partial charge in [0.15, 0.2) is 12.2 Å². The van der Waals surface area contributed by atoms with E-state index in [4.69, 9.17) is 9.31 Å². The largest absolute Gasteiger partial charge is 0.552 e. The molecular weight excluding hydrogens is 497 g/mol. The summed E-state index contributed by atoms with van der Waals surface area (Å²) >= 11 is 0. The first-order valence-electron chi connectivity index (χ1n) is 12.1. The molecule has 0 spiro atoms. The lowest BCUT2D eigenvalue weighted by Gasteiger charge is -2.34. The Hall–Kier alpha value is -3.81. The third-order valence-corrected chi connectivity index (χ3v) is 5.77. The monoisotopic (exact) mass is 527 g/mol. The van der Waals surface area contributed by atoms with Crippen molar-refractivity contribution in [2.75, 3.05) is 0 Å². The van der Waals surface area contributed by atoms with E-state index in [1.54, 1.807) is 12.1 Å². The second-order valence-electron chi connectivity index (χ2n) is 9.36. The Kier molecular flexibility index (Phi) is 9.56. The third kappa shape index (κ3) is 7.15. The lowest BCUT2D eigenvalue weighted by molar-refractivity contribution is -0.172. The van der Waals surface area contributed by atoms with E-state index in [1.165, 1.54) is 13.0 Å². The van der Waals surface area contributed by atoms with Crippen LogP contribution in [-0.2, 0) is 23.7 Å². The minimum Gasteiger partial charge on any atom is -0.506 e. The van der Waals surface area contributed by atoms with Gasteiger partial charge in [0.05, 0.1) is 17.7 Å². The van der Waals surface area contributed by atoms with Crippen LogP contribution in [0.3, 0.4) is 0 Å². The molecule has 1 aromatic carbocycles. The highest BCUT2D eigenvalue weighted by Crippen LogP contribution is 2.19. The van der Waals surface area contributed by atoms with Crippen LogP contribution in [0.5, 0.6) is 0 Å². The fourth-order valence-electron chi connectivity index (χ4n) is 3.89. The van der Waals surface area contributed by atoms with Crippen LogP contribution in [0.25, 0.3) is 11.3 Å². The van der Waals surface area contributed by atoms with Crippen molar-refractivity contribution in [2.45, 2.75) is 57.5 Å². The molecule has 5 N–H and O–H groups in total. The van der Waals surface area contributed by atoms with Gasteiger partial charge in [0.2, 0.25) is 5.91 Å². The van der Waals surface area contributed by atoms with Crippen molar-refractivity contribution in [3.05, 3.63) is 54.2 Å². The van der Waals surface area contributed by atoms with Crippen LogP contribution in [0, 0.1) is 5.92 Å². The maximum absolute atomic E-state index is 13.2. The number of aliphatic hydroxyl groups excluding tert-OH is 2. The lowest BCUT2D eigenvalue weighted by atomic mass is 9.72. The molecule has 13 heteroatoms. The first-order valence-corrected chi connectivity index (χ1v) is 12.1. The second-order valence-corrected chi connectivity index (χ2v) is 9.36. The van der Waals surface area contributed by atoms with Gasteiger partial charge < -0.3 is 35.3 Å². The number of carboxylic acid groups (broad SMARTS) is 1. The van der Waals surface area contributed by atoms with Crippen LogP contribution in [0.4, 0.5) is 0 Å². The van der Waals surface area contributed by atoms with Gasteiger partial charge in [-0.05, 0) is 31.4 Å². The number of nitrogens with one attached hydrogen (secondary N) is 2. The third-order valence-electron chi connectivity index (χ3n) is 5.77. The smallest absolute Gasteiger partial charge is 0.506 e. The van der Waals surface area contributed by atoms with Crippen molar-refractivity contribution in [3.63, 3.8) is 0 Å². The molecule has 0 saturated carbocycles. The highest BCUT2D eigenvalue weighted by Gasteiger charge is 2.49. The van der Waals surface area contributed by atoms with Crippen molar-refractivity contribution in [1.29, 1.82) is 0 Å². The first kappa shape index (κ1) is 28.8. The molecule has 3 unspecified atom stereocenters. The van der Waals surface area contributed by atoms with E-state index in [1.807, 2.05) is 44.2 Å². The zero-order chi connectivity index (χ0) is 28.0. The van der Waals surface area contributed by atoms with E-state index in [0.29, 0.717) is 5.69 Å². The normalized spacial score (nSPS) is 19.7. The van der Waals surface area contributed by atoms with Crippen molar-refractivity contribution in [2.24, 2.45) is 5.92 Å². The summed E-state index contributed by atoms with van der Waals surface area (Å²) in [6.45, 7) is 4.93. The number of hydrogen-bond acceptors (Lipinski definition) is 9. The van der Waals surface area contributed by atoms with Crippen molar-refractivity contribution in [3.8, 4) is 11.3 Å². The van der Waals surface area contributed by atoms with Gasteiger partial charge in [-0.3, -0.25) is 14.4 Å². The molecule has 2 aromatic rings. The molecule has 0 radical (unpaired) electrons. The Balaban J connectivity index is 1.77. The van der Waals surface area contributed by atoms with Crippen LogP contribution >= 0.6 is 0 Å². The van der Waals surface area contributed by atoms with Gasteiger partial charge >= 0.3 is 19.1 Å². The number of nitrogens with zero attached hydrogens (tertiary/aromatic N) is 1. The summed E-state index contributed by atoms with van der Waals surface area (Å²) in [4.78, 5) is 53.9. The standard InChI is InChI=1S/C25H30BN3O9/c1-13(2)12-18(26-37-21(24(34)35)20(31)25(36)38-26)28-23(33)19(14(3)30)29-22(32)17-11-7-10-16(27-17)15-8-5-4-6-9-15/h4-11,13-14,18-21,30-31H,12H2,1-3H3,(H,28,33)(H,29,32)(H,34,35)/t14?,18?,19?,20-,21-/m1/s1. The minimum absolute atomic E-state index is 0.0198. The molecule has 1 aliphatic heterocycles. The Morgan fingerprint density at radius 1 is 1.05 bits per heavy atom. The highest BCUT2D eigenvalue weighted by molar-refractivity contribution is 6.50. The summed E-state index contributed by atoms with van der Waals surface area (Å²) in [5, 5.41) is 34.4. The van der Waals surface area contributed by atoms with Crippen molar-refractivity contribution < 1.29 is 43.8 Å². The summed E-state index contributed by atoms with van der Waals surface area (Å²) in [6.07, 6.45) is -5.06. The van der Waals surface area contributed by atoms with Gasteiger partial charge in [-0.25, -0.2) is 9.78 Å². The molecule has 1 aliphatic rings. The van der Waals surface area contributed by atoms with Gasteiger partial charge in [-0.2, -0.15) is 0 Å². The van der Waals surface area contributed by atoms with E-state index in [-0.39, 0.29) is 18.0 Å². The van der Waals surface area contributed by atoms with Crippen molar-refractivity contribution in [1.82, 2.24) is 15.6 Å². The van der Waals surface area contributed by atoms with Gasteiger partial charge in [0.25, 0.3) is 5.91 Å². The van der Waals surface area contributed by atoms with Crippen LogP contribution in [0.15, 0.2) is 48.5 Å². The minimum atomic E-state index is -2.03. The number of aliphatic carboxylic acids is 1. The fraction of sp³-hybridized carbons (Fsp3) is 0.400. The molecule has 5 atom stereocenters. The van der Waals surface area contributed by atoms with Crippen molar-refractivity contribution >= 4 is 30.9 Å². The van der Waals surface area contributed by atoms with Crippen LogP contribution in [0.2, 0.25) is 0 Å². The van der Waals surface area contributed by atoms with Crippen LogP contribution in [-0.4, -0.2) is 81.5 Å². The average Bonchev–Trinajstić information content (AvgIpc) is 2.88. The van der Waals surface area contributed by atoms with E-state index in [2.05, 4.69) is 15.6 Å². The number of carbonyl (C=O) groups is 4. The second kappa shape index (κ2) is 12.6. The Morgan fingerprint density at radius 3 is 2.34 bits per heavy atom. The molecular formula is C25H30BN3O9. The number of rotatable bonds is 10. The molecule has 0 bridgehead atoms. The topological polar surface area (TPSA) is 184 Å². The van der Waals surface area contributed by atoms with Gasteiger partial charge in [-0.15, -0.1) is 0 Å². The number of benzene rings is 1. The molecule has 1 aromatic heterocycles. The zero-order valence-electron chi connectivity index (χ0n) is 21.1. The predicted molar refractivity (Wildman–Crippen MR) is 134 cm³/mol. The van der Waals surface area contributed by atoms with E-state index < -0.39 is 61.2 Å². The summed E-state index contributed by atoms with van der Waals surface area (Å²) in [6, 6.07) is 12.6. The maximum Gasteiger partial charge on any atom is 0.552 e. The molecule has 1 saturated heterocycles. The molecule has 2 heterocycles. The van der Waals surface area contributed by atoms with Gasteiger partial charge in [0, 0.05) is 5.56 Å². The SMILES string of the molecule is CC(C)CC(NC(=O)C(NC(=O)c1cccc(-c2ccccc2)n1)C(C)O)B1OC(=O)[C@H](O)[C@H](C(=O)O)O1. The molecule has 0 aliphatic carbocycles. The summed E-state index contributed by atoms with van der Waals surface area (Å²) in [5.41, 5.74) is 1.35. The van der Waals surface area contributed by atoms with E-state index in [9.17, 15) is 34.5 Å². The van der Waals surface area contributed by atoms with E-state index in [0.717, 1.165) is 5.56 Å². The molecule has 12 nitrogen and oxygen atoms in total. The summed E-state index contributed by atoms with van der Waals surface area (Å²) < 4.78 is 10.3. The summed E-state index contributed by atoms with van der Waals surface area (Å²) in [7, 11) is -1.52. The number of aliphatic hydroxyl groups is 2. The number of carboxylic acids is 1. The fourth-order valence-corrected chi connectivity index (χ4v) is 3.89. The van der Waals surface area contributed by atoms with Gasteiger partial charge in [0.1, 0.15) is 11.7 Å². The summed E-state index contributed by atoms with van der Waals surface area (Å²) in [5.74, 6) is -5.43. The molecule has 2 amide bonds. The maximum atomic E-state index is 13.2. The lowest BCUT2D eigenvalue weighted by Crippen LogP contribution is -2.63. The number of amides is 2. The number of carbonyl (C=O) groups excluding carboxylic acids is 3. The molecule has 1 fully saturated rings. The quantitative estimate of drug-likeness (QED) is 0.267. The van der Waals surface area contributed by atoms with Gasteiger partial charge in [-0.1, -0.05) is 50.2 Å². The molecule has 202 valence electrons. The number of pyridine rings is 1. The Morgan fingerprint density at radius 2 is 1.74 bits per heavy atom. The number of aromatic nitrogens is 1. The van der Waals surface area contributed by atoms with E-state index >= 15 is 0 Å². The van der Waals surface area contributed by atoms with Crippen LogP contribution in [0.1, 0.15) is 37.7 Å². The molecule has 3 rings (SSSR count). The first-order chi connectivity index (χ1) is 18.0. The predicted octanol–water partition coefficient (Wildman–Crippen LogP) is 0.174. The highest BCUT2D eigenvalue weighted by atomic mass is 16.7.